The number of anilines is 1. The Labute approximate surface area is 159 Å². The van der Waals surface area contributed by atoms with Gasteiger partial charge in [-0.2, -0.15) is 0 Å². The highest BCUT2D eigenvalue weighted by atomic mass is 19.1. The molecule has 4 rings (SSSR count). The SMILES string of the molecule is Cc1cc2c(cc1-c1ccc(NC(=O)c3c(F)cccc3F)nc1C)OCO2. The Morgan fingerprint density at radius 2 is 1.68 bits per heavy atom. The fraction of sp³-hybridized carbons (Fsp3) is 0.143. The second-order valence-corrected chi connectivity index (χ2v) is 6.40. The van der Waals surface area contributed by atoms with Crippen LogP contribution >= 0.6 is 0 Å². The van der Waals surface area contributed by atoms with Crippen molar-refractivity contribution in [3.63, 3.8) is 0 Å². The highest BCUT2D eigenvalue weighted by molar-refractivity contribution is 6.04. The number of benzene rings is 2. The number of nitrogens with one attached hydrogen (secondary N) is 1. The summed E-state index contributed by atoms with van der Waals surface area (Å²) in [4.78, 5) is 16.6. The van der Waals surface area contributed by atoms with Crippen molar-refractivity contribution in [1.82, 2.24) is 4.98 Å². The van der Waals surface area contributed by atoms with Gasteiger partial charge in [-0.15, -0.1) is 0 Å². The molecule has 5 nitrogen and oxygen atoms in total. The van der Waals surface area contributed by atoms with Crippen LogP contribution in [-0.4, -0.2) is 17.7 Å². The van der Waals surface area contributed by atoms with E-state index in [-0.39, 0.29) is 12.6 Å². The number of amides is 1. The molecule has 1 amide bonds. The van der Waals surface area contributed by atoms with Gasteiger partial charge in [0.25, 0.3) is 5.91 Å². The first kappa shape index (κ1) is 17.9. The number of carbonyl (C=O) groups is 1. The van der Waals surface area contributed by atoms with E-state index in [0.29, 0.717) is 17.2 Å². The Morgan fingerprint density at radius 3 is 2.36 bits per heavy atom. The molecule has 0 radical (unpaired) electrons. The summed E-state index contributed by atoms with van der Waals surface area (Å²) in [6, 6.07) is 10.4. The van der Waals surface area contributed by atoms with Crippen LogP contribution in [0.1, 0.15) is 21.6 Å². The fourth-order valence-corrected chi connectivity index (χ4v) is 3.14. The lowest BCUT2D eigenvalue weighted by molar-refractivity contribution is 0.101. The van der Waals surface area contributed by atoms with Gasteiger partial charge in [0.2, 0.25) is 6.79 Å². The van der Waals surface area contributed by atoms with Crippen molar-refractivity contribution in [2.75, 3.05) is 12.1 Å². The van der Waals surface area contributed by atoms with Crippen molar-refractivity contribution >= 4 is 11.7 Å². The van der Waals surface area contributed by atoms with Gasteiger partial charge in [-0.25, -0.2) is 13.8 Å². The average Bonchev–Trinajstić information content (AvgIpc) is 3.08. The molecule has 0 spiro atoms. The van der Waals surface area contributed by atoms with Gasteiger partial charge >= 0.3 is 0 Å². The molecule has 3 aromatic rings. The third kappa shape index (κ3) is 3.15. The molecule has 0 unspecified atom stereocenters. The first-order valence-electron chi connectivity index (χ1n) is 8.57. The minimum atomic E-state index is -0.929. The Morgan fingerprint density at radius 1 is 1.00 bits per heavy atom. The van der Waals surface area contributed by atoms with E-state index in [1.54, 1.807) is 19.1 Å². The van der Waals surface area contributed by atoms with Crippen LogP contribution < -0.4 is 14.8 Å². The Bertz CT molecular complexity index is 1080. The number of rotatable bonds is 3. The molecule has 1 aromatic heterocycles. The predicted octanol–water partition coefficient (Wildman–Crippen LogP) is 4.62. The van der Waals surface area contributed by atoms with Gasteiger partial charge in [-0.05, 0) is 61.4 Å². The highest BCUT2D eigenvalue weighted by Gasteiger charge is 2.20. The molecule has 0 atom stereocenters. The molecule has 1 aliphatic rings. The molecule has 2 aromatic carbocycles. The van der Waals surface area contributed by atoms with Gasteiger partial charge in [-0.3, -0.25) is 4.79 Å². The van der Waals surface area contributed by atoms with Crippen LogP contribution in [0.2, 0.25) is 0 Å². The van der Waals surface area contributed by atoms with Crippen LogP contribution in [0.25, 0.3) is 11.1 Å². The van der Waals surface area contributed by atoms with Crippen LogP contribution in [0.3, 0.4) is 0 Å². The van der Waals surface area contributed by atoms with Crippen molar-refractivity contribution in [3.05, 3.63) is 70.9 Å². The van der Waals surface area contributed by atoms with E-state index in [1.165, 1.54) is 6.07 Å². The summed E-state index contributed by atoms with van der Waals surface area (Å²) in [5.41, 5.74) is 2.77. The largest absolute Gasteiger partial charge is 0.454 e. The minimum absolute atomic E-state index is 0.188. The maximum absolute atomic E-state index is 13.8. The maximum Gasteiger partial charge on any atom is 0.262 e. The van der Waals surface area contributed by atoms with E-state index in [0.717, 1.165) is 28.8 Å². The standard InChI is InChI=1S/C21H16F2N2O3/c1-11-8-17-18(28-10-27-17)9-14(11)13-6-7-19(24-12(13)2)25-21(26)20-15(22)4-3-5-16(20)23/h3-9H,10H2,1-2H3,(H,24,25,26). The smallest absolute Gasteiger partial charge is 0.262 e. The first-order chi connectivity index (χ1) is 13.4. The molecule has 0 aliphatic carbocycles. The molecule has 7 heteroatoms. The van der Waals surface area contributed by atoms with Crippen molar-refractivity contribution in [1.29, 1.82) is 0 Å². The molecule has 142 valence electrons. The number of aromatic nitrogens is 1. The summed E-state index contributed by atoms with van der Waals surface area (Å²) in [6.45, 7) is 3.93. The van der Waals surface area contributed by atoms with Crippen LogP contribution in [-0.2, 0) is 0 Å². The lowest BCUT2D eigenvalue weighted by atomic mass is 9.98. The Balaban J connectivity index is 1.63. The highest BCUT2D eigenvalue weighted by Crippen LogP contribution is 2.39. The lowest BCUT2D eigenvalue weighted by Crippen LogP contribution is -2.16. The number of fused-ring (bicyclic) bond motifs is 1. The second-order valence-electron chi connectivity index (χ2n) is 6.40. The number of ether oxygens (including phenoxy) is 2. The molecule has 0 bridgehead atoms. The summed E-state index contributed by atoms with van der Waals surface area (Å²) in [7, 11) is 0. The molecular weight excluding hydrogens is 366 g/mol. The summed E-state index contributed by atoms with van der Waals surface area (Å²) >= 11 is 0. The van der Waals surface area contributed by atoms with Crippen molar-refractivity contribution in [2.24, 2.45) is 0 Å². The van der Waals surface area contributed by atoms with E-state index in [1.807, 2.05) is 19.1 Å². The molecule has 0 fully saturated rings. The van der Waals surface area contributed by atoms with Crippen LogP contribution in [0, 0.1) is 25.5 Å². The van der Waals surface area contributed by atoms with Crippen molar-refractivity contribution in [2.45, 2.75) is 13.8 Å². The fourth-order valence-electron chi connectivity index (χ4n) is 3.14. The number of aryl methyl sites for hydroxylation is 2. The molecule has 2 heterocycles. The van der Waals surface area contributed by atoms with Crippen LogP contribution in [0.4, 0.5) is 14.6 Å². The van der Waals surface area contributed by atoms with Gasteiger partial charge in [0, 0.05) is 11.3 Å². The van der Waals surface area contributed by atoms with E-state index >= 15 is 0 Å². The first-order valence-corrected chi connectivity index (χ1v) is 8.57. The molecular formula is C21H16F2N2O3. The third-order valence-electron chi connectivity index (χ3n) is 4.53. The number of nitrogens with zero attached hydrogens (tertiary/aromatic N) is 1. The van der Waals surface area contributed by atoms with Crippen LogP contribution in [0.5, 0.6) is 11.5 Å². The molecule has 1 N–H and O–H groups in total. The monoisotopic (exact) mass is 382 g/mol. The van der Waals surface area contributed by atoms with E-state index in [9.17, 15) is 13.6 Å². The van der Waals surface area contributed by atoms with Gasteiger partial charge in [-0.1, -0.05) is 6.07 Å². The Hall–Kier alpha value is -3.48. The summed E-state index contributed by atoms with van der Waals surface area (Å²) in [6.07, 6.45) is 0. The number of carbonyl (C=O) groups excluding carboxylic acids is 1. The maximum atomic E-state index is 13.8. The Kier molecular flexibility index (Phi) is 4.43. The molecule has 0 saturated heterocycles. The van der Waals surface area contributed by atoms with E-state index in [2.05, 4.69) is 10.3 Å². The number of halogens is 2. The number of pyridine rings is 1. The van der Waals surface area contributed by atoms with Gasteiger partial charge < -0.3 is 14.8 Å². The molecule has 1 aliphatic heterocycles. The normalized spacial score (nSPS) is 12.1. The zero-order chi connectivity index (χ0) is 19.8. The van der Waals surface area contributed by atoms with Crippen LogP contribution in [0.15, 0.2) is 42.5 Å². The van der Waals surface area contributed by atoms with Gasteiger partial charge in [0.1, 0.15) is 23.0 Å². The van der Waals surface area contributed by atoms with Gasteiger partial charge in [0.05, 0.1) is 0 Å². The summed E-state index contributed by atoms with van der Waals surface area (Å²) in [5, 5.41) is 2.44. The third-order valence-corrected chi connectivity index (χ3v) is 4.53. The van der Waals surface area contributed by atoms with Crippen molar-refractivity contribution in [3.8, 4) is 22.6 Å². The topological polar surface area (TPSA) is 60.5 Å². The van der Waals surface area contributed by atoms with E-state index in [4.69, 9.17) is 9.47 Å². The summed E-state index contributed by atoms with van der Waals surface area (Å²) < 4.78 is 38.4. The second kappa shape index (κ2) is 6.92. The minimum Gasteiger partial charge on any atom is -0.454 e. The zero-order valence-electron chi connectivity index (χ0n) is 15.2. The quantitative estimate of drug-likeness (QED) is 0.718. The predicted molar refractivity (Wildman–Crippen MR) is 99.6 cm³/mol. The number of hydrogen-bond acceptors (Lipinski definition) is 4. The number of hydrogen-bond donors (Lipinski definition) is 1. The average molecular weight is 382 g/mol. The van der Waals surface area contributed by atoms with Gasteiger partial charge in [0.15, 0.2) is 11.5 Å². The molecule has 0 saturated carbocycles. The lowest BCUT2D eigenvalue weighted by Gasteiger charge is -2.12. The zero-order valence-corrected chi connectivity index (χ0v) is 15.2. The van der Waals surface area contributed by atoms with E-state index < -0.39 is 23.1 Å². The summed E-state index contributed by atoms with van der Waals surface area (Å²) in [5.74, 6) is -1.19. The molecule has 28 heavy (non-hydrogen) atoms. The van der Waals surface area contributed by atoms with Crippen molar-refractivity contribution < 1.29 is 23.0 Å².